The first-order valence-corrected chi connectivity index (χ1v) is 7.41. The van der Waals surface area contributed by atoms with Crippen LogP contribution < -0.4 is 0 Å². The molecule has 2 aromatic carbocycles. The summed E-state index contributed by atoms with van der Waals surface area (Å²) < 4.78 is 27.8. The minimum Gasteiger partial charge on any atom is -0.199 e. The van der Waals surface area contributed by atoms with E-state index in [9.17, 15) is 8.42 Å². The van der Waals surface area contributed by atoms with E-state index in [1.807, 2.05) is 0 Å². The van der Waals surface area contributed by atoms with E-state index in [1.165, 1.54) is 24.3 Å². The Kier molecular flexibility index (Phi) is 4.18. The van der Waals surface area contributed by atoms with Crippen LogP contribution in [0.2, 0.25) is 5.02 Å². The Morgan fingerprint density at radius 3 is 2.20 bits per heavy atom. The van der Waals surface area contributed by atoms with Gasteiger partial charge in [-0.25, -0.2) is 0 Å². The summed E-state index contributed by atoms with van der Waals surface area (Å²) in [5.74, 6) is 0. The van der Waals surface area contributed by atoms with Crippen molar-refractivity contribution in [3.05, 3.63) is 65.2 Å². The fourth-order valence-corrected chi connectivity index (χ4v) is 2.61. The third-order valence-electron chi connectivity index (χ3n) is 2.48. The molecule has 0 heterocycles. The molecule has 6 heteroatoms. The molecule has 20 heavy (non-hydrogen) atoms. The van der Waals surface area contributed by atoms with Gasteiger partial charge in [-0.05, 0) is 24.3 Å². The van der Waals surface area contributed by atoms with Gasteiger partial charge < -0.3 is 0 Å². The maximum absolute atomic E-state index is 12.1. The zero-order valence-corrected chi connectivity index (χ0v) is 11.8. The summed E-state index contributed by atoms with van der Waals surface area (Å²) in [7, 11) is -3.93. The predicted molar refractivity (Wildman–Crippen MR) is 77.2 cm³/mol. The molecule has 0 aromatic heterocycles. The highest BCUT2D eigenvalue weighted by molar-refractivity contribution is 7.90. The molecule has 0 atom stereocenters. The first-order valence-electron chi connectivity index (χ1n) is 5.59. The second-order valence-corrected chi connectivity index (χ2v) is 5.89. The maximum atomic E-state index is 12.1. The number of sulfonamides is 1. The summed E-state index contributed by atoms with van der Waals surface area (Å²) in [5.41, 5.74) is 0.299. The van der Waals surface area contributed by atoms with Gasteiger partial charge in [0, 0.05) is 10.6 Å². The number of hydrogen-bond donors (Lipinski definition) is 0. The molecule has 2 rings (SSSR count). The second kappa shape index (κ2) is 5.87. The minimum atomic E-state index is -3.93. The normalized spacial score (nSPS) is 11.9. The van der Waals surface area contributed by atoms with Crippen molar-refractivity contribution in [1.82, 2.24) is 0 Å². The van der Waals surface area contributed by atoms with Gasteiger partial charge in [0.25, 0.3) is 10.0 Å². The van der Waals surface area contributed by atoms with Gasteiger partial charge in [-0.1, -0.05) is 41.9 Å². The highest BCUT2D eigenvalue weighted by Gasteiger charge is 2.15. The number of rotatable bonds is 3. The van der Waals surface area contributed by atoms with Crippen LogP contribution in [0, 0.1) is 11.3 Å². The van der Waals surface area contributed by atoms with E-state index in [1.54, 1.807) is 36.4 Å². The van der Waals surface area contributed by atoms with Crippen molar-refractivity contribution in [3.8, 4) is 6.07 Å². The Labute approximate surface area is 122 Å². The number of nitrogens with zero attached hydrogens (tertiary/aromatic N) is 2. The van der Waals surface area contributed by atoms with Crippen molar-refractivity contribution >= 4 is 27.3 Å². The summed E-state index contributed by atoms with van der Waals surface area (Å²) in [6.07, 6.45) is 0. The van der Waals surface area contributed by atoms with E-state index in [0.29, 0.717) is 10.6 Å². The fourth-order valence-electron chi connectivity index (χ4n) is 1.51. The molecule has 0 N–H and O–H groups in total. The van der Waals surface area contributed by atoms with Crippen LogP contribution in [-0.2, 0) is 10.0 Å². The molecular weight excluding hydrogens is 296 g/mol. The Morgan fingerprint density at radius 1 is 1.05 bits per heavy atom. The quantitative estimate of drug-likeness (QED) is 0.818. The van der Waals surface area contributed by atoms with E-state index < -0.39 is 10.0 Å². The van der Waals surface area contributed by atoms with Crippen LogP contribution in [0.15, 0.2) is 63.9 Å². The largest absolute Gasteiger partial charge is 0.283 e. The Morgan fingerprint density at radius 2 is 1.65 bits per heavy atom. The van der Waals surface area contributed by atoms with Crippen LogP contribution in [0.5, 0.6) is 0 Å². The molecule has 0 spiro atoms. The van der Waals surface area contributed by atoms with Crippen molar-refractivity contribution in [2.24, 2.45) is 4.40 Å². The van der Waals surface area contributed by atoms with E-state index in [0.717, 1.165) is 0 Å². The molecule has 0 saturated carbocycles. The second-order valence-electron chi connectivity index (χ2n) is 3.85. The summed E-state index contributed by atoms with van der Waals surface area (Å²) in [6, 6.07) is 15.8. The third-order valence-corrected chi connectivity index (χ3v) is 4.02. The highest BCUT2D eigenvalue weighted by atomic mass is 35.5. The molecule has 0 aliphatic rings. The molecule has 0 aliphatic heterocycles. The maximum Gasteiger partial charge on any atom is 0.283 e. The van der Waals surface area contributed by atoms with Gasteiger partial charge in [-0.2, -0.15) is 13.7 Å². The van der Waals surface area contributed by atoms with Crippen molar-refractivity contribution in [2.75, 3.05) is 0 Å². The van der Waals surface area contributed by atoms with Gasteiger partial charge >= 0.3 is 0 Å². The summed E-state index contributed by atoms with van der Waals surface area (Å²) in [6.45, 7) is 0. The number of halogens is 1. The molecule has 0 radical (unpaired) electrons. The topological polar surface area (TPSA) is 70.3 Å². The lowest BCUT2D eigenvalue weighted by atomic mass is 10.1. The van der Waals surface area contributed by atoms with Gasteiger partial charge in [0.1, 0.15) is 6.07 Å². The Balaban J connectivity index is 2.47. The summed E-state index contributed by atoms with van der Waals surface area (Å²) >= 11 is 5.71. The Bertz CT molecular complexity index is 776. The van der Waals surface area contributed by atoms with Crippen molar-refractivity contribution in [1.29, 1.82) is 5.26 Å². The van der Waals surface area contributed by atoms with Crippen LogP contribution in [0.1, 0.15) is 5.56 Å². The van der Waals surface area contributed by atoms with E-state index >= 15 is 0 Å². The van der Waals surface area contributed by atoms with Crippen LogP contribution in [0.3, 0.4) is 0 Å². The van der Waals surface area contributed by atoms with Gasteiger partial charge in [-0.15, -0.1) is 4.40 Å². The third kappa shape index (κ3) is 3.23. The first-order chi connectivity index (χ1) is 9.53. The molecule has 4 nitrogen and oxygen atoms in total. The molecule has 100 valence electrons. The Hall–Kier alpha value is -2.16. The van der Waals surface area contributed by atoms with E-state index in [-0.39, 0.29) is 10.6 Å². The molecule has 0 aliphatic carbocycles. The van der Waals surface area contributed by atoms with Gasteiger partial charge in [0.05, 0.1) is 4.90 Å². The predicted octanol–water partition coefficient (Wildman–Crippen LogP) is 3.04. The first kappa shape index (κ1) is 14.3. The number of hydrogen-bond acceptors (Lipinski definition) is 3. The minimum absolute atomic E-state index is 0.00872. The zero-order chi connectivity index (χ0) is 14.6. The summed E-state index contributed by atoms with van der Waals surface area (Å²) in [5, 5.41) is 9.49. The average molecular weight is 305 g/mol. The van der Waals surface area contributed by atoms with Crippen LogP contribution in [0.4, 0.5) is 0 Å². The van der Waals surface area contributed by atoms with Crippen LogP contribution >= 0.6 is 11.6 Å². The molecular formula is C14H9ClN2O2S. The van der Waals surface area contributed by atoms with Gasteiger partial charge in [-0.3, -0.25) is 0 Å². The average Bonchev–Trinajstić information content (AvgIpc) is 2.46. The number of nitriles is 1. The summed E-state index contributed by atoms with van der Waals surface area (Å²) in [4.78, 5) is -0.00872. The van der Waals surface area contributed by atoms with Gasteiger partial charge in [0.15, 0.2) is 5.71 Å². The monoisotopic (exact) mass is 304 g/mol. The van der Waals surface area contributed by atoms with Crippen molar-refractivity contribution < 1.29 is 8.42 Å². The number of benzene rings is 2. The van der Waals surface area contributed by atoms with Crippen LogP contribution in [0.25, 0.3) is 0 Å². The highest BCUT2D eigenvalue weighted by Crippen LogP contribution is 2.17. The SMILES string of the molecule is N#C/C(=N/S(=O)(=O)c1ccc(Cl)cc1)c1ccccc1. The standard InChI is InChI=1S/C14H9ClN2O2S/c15-12-6-8-13(9-7-12)20(18,19)17-14(10-16)11-4-2-1-3-5-11/h1-9H/b17-14-. The molecule has 0 saturated heterocycles. The zero-order valence-electron chi connectivity index (χ0n) is 10.2. The van der Waals surface area contributed by atoms with Gasteiger partial charge in [0.2, 0.25) is 0 Å². The van der Waals surface area contributed by atoms with Crippen LogP contribution in [-0.4, -0.2) is 14.1 Å². The lowest BCUT2D eigenvalue weighted by molar-refractivity contribution is 0.598. The van der Waals surface area contributed by atoms with E-state index in [4.69, 9.17) is 16.9 Å². The molecule has 0 bridgehead atoms. The fraction of sp³-hybridized carbons (Fsp3) is 0. The molecule has 2 aromatic rings. The molecule has 0 amide bonds. The van der Waals surface area contributed by atoms with Crippen molar-refractivity contribution in [2.45, 2.75) is 4.90 Å². The molecule has 0 fully saturated rings. The smallest absolute Gasteiger partial charge is 0.199 e. The van der Waals surface area contributed by atoms with Crippen molar-refractivity contribution in [3.63, 3.8) is 0 Å². The lowest BCUT2D eigenvalue weighted by Crippen LogP contribution is -2.04. The van der Waals surface area contributed by atoms with E-state index in [2.05, 4.69) is 4.40 Å². The molecule has 0 unspecified atom stereocenters. The lowest BCUT2D eigenvalue weighted by Gasteiger charge is -2.01.